The van der Waals surface area contributed by atoms with Crippen molar-refractivity contribution < 1.29 is 17.6 Å². The van der Waals surface area contributed by atoms with Crippen molar-refractivity contribution >= 4 is 39.1 Å². The van der Waals surface area contributed by atoms with E-state index in [0.29, 0.717) is 5.69 Å². The zero-order chi connectivity index (χ0) is 19.3. The first kappa shape index (κ1) is 20.3. The number of nitrogens with zero attached hydrogens (tertiary/aromatic N) is 1. The van der Waals surface area contributed by atoms with E-state index >= 15 is 0 Å². The number of carbonyl (C=O) groups excluding carboxylic acids is 1. The number of carbonyl (C=O) groups is 1. The number of rotatable bonds is 7. The Bertz CT molecular complexity index is 888. The van der Waals surface area contributed by atoms with Crippen LogP contribution in [0.4, 0.5) is 15.8 Å². The molecule has 8 heteroatoms. The monoisotopic (exact) mass is 396 g/mol. The quantitative estimate of drug-likeness (QED) is 0.724. The highest BCUT2D eigenvalue weighted by Gasteiger charge is 2.33. The van der Waals surface area contributed by atoms with Crippen molar-refractivity contribution in [1.29, 1.82) is 0 Å². The molecular weight excluding hydrogens is 375 g/mol. The largest absolute Gasteiger partial charge is 0.324 e. The van der Waals surface area contributed by atoms with Crippen molar-refractivity contribution in [2.24, 2.45) is 0 Å². The number of para-hydroxylation sites is 1. The van der Waals surface area contributed by atoms with Gasteiger partial charge in [-0.25, -0.2) is 12.8 Å². The summed E-state index contributed by atoms with van der Waals surface area (Å²) in [4.78, 5) is 13.7. The van der Waals surface area contributed by atoms with Gasteiger partial charge in [0.2, 0.25) is 15.9 Å². The fourth-order valence-corrected chi connectivity index (χ4v) is 4.26. The predicted octanol–water partition coefficient (Wildman–Crippen LogP) is 3.73. The first-order valence-corrected chi connectivity index (χ1v) is 11.0. The molecular formula is C18H21FN2O3S2. The number of nitrogens with one attached hydrogen (secondary N) is 1. The summed E-state index contributed by atoms with van der Waals surface area (Å²) in [6, 6.07) is 11.7. The standard InChI is InChI=1S/C18H21FN2O3S2/c1-4-16(18(22)20-13-8-7-9-14(12-13)25-2)21(26(3,23)24)17-11-6-5-10-15(17)19/h5-12,16H,4H2,1-3H3,(H,20,22)/t16-/m0/s1. The van der Waals surface area contributed by atoms with Crippen LogP contribution in [-0.4, -0.2) is 32.9 Å². The molecule has 0 spiro atoms. The molecule has 1 N–H and O–H groups in total. The van der Waals surface area contributed by atoms with Gasteiger partial charge in [-0.05, 0) is 43.0 Å². The summed E-state index contributed by atoms with van der Waals surface area (Å²) in [5, 5.41) is 2.73. The van der Waals surface area contributed by atoms with E-state index in [1.54, 1.807) is 25.1 Å². The zero-order valence-corrected chi connectivity index (χ0v) is 16.4. The lowest BCUT2D eigenvalue weighted by Gasteiger charge is -2.30. The number of amides is 1. The molecule has 0 aromatic heterocycles. The average Bonchev–Trinajstić information content (AvgIpc) is 2.59. The number of benzene rings is 2. The van der Waals surface area contributed by atoms with Gasteiger partial charge in [0.15, 0.2) is 0 Å². The van der Waals surface area contributed by atoms with Crippen LogP contribution in [-0.2, 0) is 14.8 Å². The van der Waals surface area contributed by atoms with Gasteiger partial charge in [0.05, 0.1) is 11.9 Å². The number of hydrogen-bond donors (Lipinski definition) is 1. The summed E-state index contributed by atoms with van der Waals surface area (Å²) in [7, 11) is -3.87. The van der Waals surface area contributed by atoms with E-state index in [0.717, 1.165) is 15.5 Å². The highest BCUT2D eigenvalue weighted by molar-refractivity contribution is 7.98. The van der Waals surface area contributed by atoms with Crippen molar-refractivity contribution in [3.63, 3.8) is 0 Å². The van der Waals surface area contributed by atoms with Gasteiger partial charge in [-0.3, -0.25) is 9.10 Å². The minimum Gasteiger partial charge on any atom is -0.324 e. The summed E-state index contributed by atoms with van der Waals surface area (Å²) in [5.41, 5.74) is 0.414. The summed E-state index contributed by atoms with van der Waals surface area (Å²) in [5.74, 6) is -1.21. The van der Waals surface area contributed by atoms with Gasteiger partial charge in [0.25, 0.3) is 0 Å². The van der Waals surface area contributed by atoms with Crippen molar-refractivity contribution in [2.75, 3.05) is 22.1 Å². The minimum atomic E-state index is -3.87. The van der Waals surface area contributed by atoms with Crippen LogP contribution in [0, 0.1) is 5.82 Å². The SMILES string of the molecule is CC[C@@H](C(=O)Nc1cccc(SC)c1)N(c1ccccc1F)S(C)(=O)=O. The summed E-state index contributed by atoms with van der Waals surface area (Å²) in [6.07, 6.45) is 3.07. The summed E-state index contributed by atoms with van der Waals surface area (Å²) in [6.45, 7) is 1.68. The third-order valence-electron chi connectivity index (χ3n) is 3.76. The molecule has 0 aliphatic carbocycles. The number of thioether (sulfide) groups is 1. The highest BCUT2D eigenvalue weighted by atomic mass is 32.2. The third kappa shape index (κ3) is 4.76. The smallest absolute Gasteiger partial charge is 0.248 e. The van der Waals surface area contributed by atoms with Crippen LogP contribution in [0.1, 0.15) is 13.3 Å². The average molecular weight is 397 g/mol. The van der Waals surface area contributed by atoms with Crippen LogP contribution in [0.5, 0.6) is 0 Å². The van der Waals surface area contributed by atoms with E-state index in [9.17, 15) is 17.6 Å². The Labute approximate surface area is 157 Å². The van der Waals surface area contributed by atoms with Gasteiger partial charge < -0.3 is 5.32 Å². The molecule has 2 rings (SSSR count). The molecule has 2 aromatic carbocycles. The second kappa shape index (κ2) is 8.55. The molecule has 2 aromatic rings. The van der Waals surface area contributed by atoms with Crippen molar-refractivity contribution in [2.45, 2.75) is 24.3 Å². The highest BCUT2D eigenvalue weighted by Crippen LogP contribution is 2.26. The number of anilines is 2. The number of sulfonamides is 1. The minimum absolute atomic E-state index is 0.144. The molecule has 26 heavy (non-hydrogen) atoms. The van der Waals surface area contributed by atoms with Gasteiger partial charge >= 0.3 is 0 Å². The lowest BCUT2D eigenvalue weighted by molar-refractivity contribution is -0.117. The van der Waals surface area contributed by atoms with E-state index < -0.39 is 27.8 Å². The van der Waals surface area contributed by atoms with Gasteiger partial charge in [0, 0.05) is 10.6 Å². The summed E-state index contributed by atoms with van der Waals surface area (Å²) < 4.78 is 39.7. The molecule has 0 aliphatic rings. The van der Waals surface area contributed by atoms with Crippen LogP contribution in [0.2, 0.25) is 0 Å². The molecule has 5 nitrogen and oxygen atoms in total. The first-order valence-electron chi connectivity index (χ1n) is 7.96. The molecule has 0 unspecified atom stereocenters. The molecule has 1 atom stereocenters. The lowest BCUT2D eigenvalue weighted by atomic mass is 10.1. The molecule has 0 heterocycles. The molecule has 0 bridgehead atoms. The van der Waals surface area contributed by atoms with E-state index in [-0.39, 0.29) is 12.1 Å². The maximum Gasteiger partial charge on any atom is 0.248 e. The number of hydrogen-bond acceptors (Lipinski definition) is 4. The van der Waals surface area contributed by atoms with Crippen LogP contribution < -0.4 is 9.62 Å². The lowest BCUT2D eigenvalue weighted by Crippen LogP contribution is -2.47. The summed E-state index contributed by atoms with van der Waals surface area (Å²) >= 11 is 1.53. The van der Waals surface area contributed by atoms with Crippen LogP contribution in [0.3, 0.4) is 0 Å². The Morgan fingerprint density at radius 3 is 2.50 bits per heavy atom. The van der Waals surface area contributed by atoms with E-state index in [2.05, 4.69) is 5.32 Å². The van der Waals surface area contributed by atoms with E-state index in [4.69, 9.17) is 0 Å². The maximum absolute atomic E-state index is 14.2. The topological polar surface area (TPSA) is 66.5 Å². The van der Waals surface area contributed by atoms with Crippen molar-refractivity contribution in [3.05, 3.63) is 54.3 Å². The molecule has 0 saturated heterocycles. The van der Waals surface area contributed by atoms with Gasteiger partial charge in [-0.15, -0.1) is 11.8 Å². The molecule has 0 radical (unpaired) electrons. The van der Waals surface area contributed by atoms with Crippen LogP contribution in [0.25, 0.3) is 0 Å². The second-order valence-corrected chi connectivity index (χ2v) is 8.39. The van der Waals surface area contributed by atoms with Crippen molar-refractivity contribution in [3.8, 4) is 0 Å². The fraction of sp³-hybridized carbons (Fsp3) is 0.278. The number of halogens is 1. The molecule has 0 fully saturated rings. The van der Waals surface area contributed by atoms with E-state index in [1.165, 1.54) is 36.0 Å². The van der Waals surface area contributed by atoms with Gasteiger partial charge in [-0.2, -0.15) is 0 Å². The van der Waals surface area contributed by atoms with Gasteiger partial charge in [-0.1, -0.05) is 25.1 Å². The molecule has 0 saturated carbocycles. The van der Waals surface area contributed by atoms with E-state index in [1.807, 2.05) is 12.3 Å². The van der Waals surface area contributed by atoms with Gasteiger partial charge in [0.1, 0.15) is 11.9 Å². The Kier molecular flexibility index (Phi) is 6.66. The zero-order valence-electron chi connectivity index (χ0n) is 14.8. The van der Waals surface area contributed by atoms with Crippen LogP contribution in [0.15, 0.2) is 53.4 Å². The molecule has 1 amide bonds. The molecule has 0 aliphatic heterocycles. The normalized spacial score (nSPS) is 12.5. The Morgan fingerprint density at radius 2 is 1.92 bits per heavy atom. The fourth-order valence-electron chi connectivity index (χ4n) is 2.59. The second-order valence-electron chi connectivity index (χ2n) is 5.66. The maximum atomic E-state index is 14.2. The Balaban J connectivity index is 2.38. The first-order chi connectivity index (χ1) is 12.3. The van der Waals surface area contributed by atoms with Crippen LogP contribution >= 0.6 is 11.8 Å². The predicted molar refractivity (Wildman–Crippen MR) is 105 cm³/mol. The molecule has 140 valence electrons. The third-order valence-corrected chi connectivity index (χ3v) is 5.65. The Morgan fingerprint density at radius 1 is 1.23 bits per heavy atom. The van der Waals surface area contributed by atoms with Crippen molar-refractivity contribution in [1.82, 2.24) is 0 Å². The Hall–Kier alpha value is -2.06.